The van der Waals surface area contributed by atoms with E-state index in [9.17, 15) is 23.2 Å². The minimum atomic E-state index is -1.01. The minimum absolute atomic E-state index is 0.0128. The monoisotopic (exact) mass is 576 g/mol. The van der Waals surface area contributed by atoms with Crippen LogP contribution in [0.2, 0.25) is 0 Å². The van der Waals surface area contributed by atoms with Gasteiger partial charge in [0.2, 0.25) is 4.69 Å². The molecule has 0 bridgehead atoms. The third kappa shape index (κ3) is 5.16. The number of carbonyl (C=O) groups is 2. The van der Waals surface area contributed by atoms with Crippen LogP contribution in [0, 0.1) is 11.6 Å². The predicted molar refractivity (Wildman–Crippen MR) is 142 cm³/mol. The summed E-state index contributed by atoms with van der Waals surface area (Å²) in [6, 6.07) is 15.6. The fraction of sp³-hybridized carbons (Fsp3) is 0.0714. The zero-order valence-electron chi connectivity index (χ0n) is 19.7. The van der Waals surface area contributed by atoms with Crippen LogP contribution in [0.25, 0.3) is 22.2 Å². The number of aromatic amines is 1. The van der Waals surface area contributed by atoms with Gasteiger partial charge in [0.15, 0.2) is 11.6 Å². The van der Waals surface area contributed by atoms with E-state index in [0.29, 0.717) is 16.8 Å². The number of aromatic nitrogens is 3. The first-order chi connectivity index (χ1) is 18.3. The lowest BCUT2D eigenvalue weighted by Crippen LogP contribution is -2.32. The van der Waals surface area contributed by atoms with Crippen molar-refractivity contribution in [3.05, 3.63) is 123 Å². The van der Waals surface area contributed by atoms with Gasteiger partial charge in [0.05, 0.1) is 6.54 Å². The molecule has 190 valence electrons. The average molecular weight is 577 g/mol. The summed E-state index contributed by atoms with van der Waals surface area (Å²) < 4.78 is 27.8. The van der Waals surface area contributed by atoms with Crippen molar-refractivity contribution >= 4 is 37.6 Å². The zero-order chi connectivity index (χ0) is 26.8. The molecule has 0 aliphatic rings. The second kappa shape index (κ2) is 10.5. The van der Waals surface area contributed by atoms with E-state index in [-0.39, 0.29) is 23.3 Å². The molecule has 5 aromatic rings. The Balaban J connectivity index is 1.33. The molecule has 3 aromatic heterocycles. The molecular weight excluding hydrogens is 558 g/mol. The van der Waals surface area contributed by atoms with Crippen molar-refractivity contribution in [2.24, 2.45) is 0 Å². The van der Waals surface area contributed by atoms with Crippen molar-refractivity contribution < 1.29 is 18.4 Å². The van der Waals surface area contributed by atoms with E-state index >= 15 is 0 Å². The van der Waals surface area contributed by atoms with Crippen molar-refractivity contribution in [2.45, 2.75) is 13.1 Å². The third-order valence-electron chi connectivity index (χ3n) is 6.05. The molecule has 1 amide bonds. The van der Waals surface area contributed by atoms with Crippen LogP contribution in [-0.4, -0.2) is 25.1 Å². The predicted octanol–water partition coefficient (Wildman–Crippen LogP) is 5.18. The average Bonchev–Trinajstić information content (AvgIpc) is 3.34. The number of halogens is 3. The van der Waals surface area contributed by atoms with Crippen LogP contribution < -0.4 is 10.9 Å². The lowest BCUT2D eigenvalue weighted by Gasteiger charge is -2.10. The summed E-state index contributed by atoms with van der Waals surface area (Å²) in [7, 11) is 0. The number of amides is 1. The lowest BCUT2D eigenvalue weighted by molar-refractivity contribution is 0.0948. The van der Waals surface area contributed by atoms with Gasteiger partial charge in [-0.3, -0.25) is 14.4 Å². The highest BCUT2D eigenvalue weighted by molar-refractivity contribution is 9.18. The number of pyridine rings is 2. The number of rotatable bonds is 7. The molecule has 0 fully saturated rings. The van der Waals surface area contributed by atoms with Gasteiger partial charge >= 0.3 is 0 Å². The van der Waals surface area contributed by atoms with Gasteiger partial charge in [0.25, 0.3) is 11.5 Å². The number of hydrogen-bond acceptors (Lipinski definition) is 4. The highest BCUT2D eigenvalue weighted by atomic mass is 79.9. The highest BCUT2D eigenvalue weighted by Gasteiger charge is 2.14. The molecule has 0 saturated heterocycles. The van der Waals surface area contributed by atoms with Crippen molar-refractivity contribution in [1.82, 2.24) is 19.9 Å². The molecule has 0 aliphatic carbocycles. The Hall–Kier alpha value is -4.44. The van der Waals surface area contributed by atoms with E-state index in [1.54, 1.807) is 18.3 Å². The topological polar surface area (TPSA) is 96.8 Å². The molecule has 5 rings (SSSR count). The van der Waals surface area contributed by atoms with E-state index in [2.05, 4.69) is 31.2 Å². The Morgan fingerprint density at radius 3 is 2.63 bits per heavy atom. The number of nitrogens with one attached hydrogen (secondary N) is 2. The minimum Gasteiger partial charge on any atom is -0.348 e. The van der Waals surface area contributed by atoms with E-state index < -0.39 is 23.1 Å². The maximum atomic E-state index is 13.5. The van der Waals surface area contributed by atoms with Crippen molar-refractivity contribution in [3.8, 4) is 11.1 Å². The second-order valence-electron chi connectivity index (χ2n) is 8.58. The molecule has 10 heteroatoms. The Labute approximate surface area is 223 Å². The summed E-state index contributed by atoms with van der Waals surface area (Å²) in [6.45, 7) is 0.150. The number of H-pyrrole nitrogens is 1. The summed E-state index contributed by atoms with van der Waals surface area (Å²) in [5.41, 5.74) is 3.34. The van der Waals surface area contributed by atoms with Gasteiger partial charge in [0, 0.05) is 41.6 Å². The molecule has 0 radical (unpaired) electrons. The van der Waals surface area contributed by atoms with E-state index in [1.165, 1.54) is 29.1 Å². The van der Waals surface area contributed by atoms with Crippen LogP contribution in [0.3, 0.4) is 0 Å². The van der Waals surface area contributed by atoms with Crippen LogP contribution in [0.4, 0.5) is 8.78 Å². The van der Waals surface area contributed by atoms with Gasteiger partial charge in [-0.15, -0.1) is 0 Å². The van der Waals surface area contributed by atoms with E-state index in [1.807, 2.05) is 24.3 Å². The van der Waals surface area contributed by atoms with Gasteiger partial charge in [-0.1, -0.05) is 24.3 Å². The van der Waals surface area contributed by atoms with Crippen LogP contribution in [-0.2, 0) is 13.1 Å². The molecule has 0 atom stereocenters. The van der Waals surface area contributed by atoms with Crippen LogP contribution in [0.1, 0.15) is 31.8 Å². The Kier molecular flexibility index (Phi) is 6.97. The largest absolute Gasteiger partial charge is 0.348 e. The lowest BCUT2D eigenvalue weighted by atomic mass is 10.0. The van der Waals surface area contributed by atoms with E-state index in [0.717, 1.165) is 34.2 Å². The standard InChI is InChI=1S/C28H19BrF2N4O3/c29-25(36)19-11-21-22(14-33-26(21)32-13-19)18-4-1-3-16(9-18)12-34-27(37)20-5-2-8-35(28(20)38)15-17-6-7-23(30)24(31)10-17/h1-11,13-14H,12,15H2,(H,32,33)(H,34,37). The molecule has 2 N–H and O–H groups in total. The number of carbonyl (C=O) groups excluding carboxylic acids is 2. The van der Waals surface area contributed by atoms with Crippen LogP contribution in [0.5, 0.6) is 0 Å². The van der Waals surface area contributed by atoms with Gasteiger partial charge < -0.3 is 14.9 Å². The van der Waals surface area contributed by atoms with Gasteiger partial charge in [0.1, 0.15) is 11.2 Å². The molecule has 0 saturated carbocycles. The first kappa shape index (κ1) is 25.2. The van der Waals surface area contributed by atoms with Crippen molar-refractivity contribution in [3.63, 3.8) is 0 Å². The maximum Gasteiger partial charge on any atom is 0.263 e. The fourth-order valence-corrected chi connectivity index (χ4v) is 4.36. The zero-order valence-corrected chi connectivity index (χ0v) is 21.3. The summed E-state index contributed by atoms with van der Waals surface area (Å²) in [4.78, 5) is 44.8. The molecule has 7 nitrogen and oxygen atoms in total. The van der Waals surface area contributed by atoms with Crippen molar-refractivity contribution in [2.75, 3.05) is 0 Å². The highest BCUT2D eigenvalue weighted by Crippen LogP contribution is 2.29. The van der Waals surface area contributed by atoms with E-state index in [4.69, 9.17) is 0 Å². The van der Waals surface area contributed by atoms with Gasteiger partial charge in [-0.25, -0.2) is 13.8 Å². The quantitative estimate of drug-likeness (QED) is 0.261. The summed E-state index contributed by atoms with van der Waals surface area (Å²) in [5, 5.41) is 3.54. The summed E-state index contributed by atoms with van der Waals surface area (Å²) in [6.07, 6.45) is 4.77. The smallest absolute Gasteiger partial charge is 0.263 e. The first-order valence-corrected chi connectivity index (χ1v) is 12.3. The maximum absolute atomic E-state index is 13.5. The fourth-order valence-electron chi connectivity index (χ4n) is 4.14. The number of benzene rings is 2. The molecule has 0 aliphatic heterocycles. The Morgan fingerprint density at radius 1 is 1.00 bits per heavy atom. The number of fused-ring (bicyclic) bond motifs is 1. The molecule has 2 aromatic carbocycles. The SMILES string of the molecule is O=C(Br)c1cnc2[nH]cc(-c3cccc(CNC(=O)c4cccn(Cc5ccc(F)c(F)c5)c4=O)c3)c2c1. The molecule has 38 heavy (non-hydrogen) atoms. The molecule has 0 unspecified atom stereocenters. The second-order valence-corrected chi connectivity index (χ2v) is 9.30. The van der Waals surface area contributed by atoms with Gasteiger partial charge in [-0.2, -0.15) is 0 Å². The molecule has 3 heterocycles. The Morgan fingerprint density at radius 2 is 1.84 bits per heavy atom. The third-order valence-corrected chi connectivity index (χ3v) is 6.51. The number of hydrogen-bond donors (Lipinski definition) is 2. The normalized spacial score (nSPS) is 11.0. The molecule has 0 spiro atoms. The van der Waals surface area contributed by atoms with Crippen LogP contribution >= 0.6 is 15.9 Å². The van der Waals surface area contributed by atoms with Crippen molar-refractivity contribution in [1.29, 1.82) is 0 Å². The first-order valence-electron chi connectivity index (χ1n) is 11.5. The van der Waals surface area contributed by atoms with Crippen LogP contribution in [0.15, 0.2) is 84.0 Å². The molecular formula is C28H19BrF2N4O3. The number of nitrogens with zero attached hydrogens (tertiary/aromatic N) is 2. The summed E-state index contributed by atoms with van der Waals surface area (Å²) >= 11 is 2.95. The summed E-state index contributed by atoms with van der Waals surface area (Å²) in [5.74, 6) is -2.54. The van der Waals surface area contributed by atoms with Gasteiger partial charge in [-0.05, 0) is 69.0 Å². The Bertz CT molecular complexity index is 1760.